The number of nitrogens with two attached hydrogens (primary N) is 1. The van der Waals surface area contributed by atoms with Crippen molar-refractivity contribution in [2.75, 3.05) is 19.7 Å². The molecule has 0 unspecified atom stereocenters. The quantitative estimate of drug-likeness (QED) is 0.869. The van der Waals surface area contributed by atoms with Crippen LogP contribution in [0.5, 0.6) is 5.75 Å². The predicted molar refractivity (Wildman–Crippen MR) is 74.8 cm³/mol. The van der Waals surface area contributed by atoms with E-state index in [0.29, 0.717) is 13.2 Å². The van der Waals surface area contributed by atoms with Gasteiger partial charge in [-0.3, -0.25) is 4.90 Å². The van der Waals surface area contributed by atoms with Crippen molar-refractivity contribution in [3.63, 3.8) is 0 Å². The summed E-state index contributed by atoms with van der Waals surface area (Å²) in [5.74, 6) is 0.970. The average Bonchev–Trinajstić information content (AvgIpc) is 2.38. The van der Waals surface area contributed by atoms with Crippen LogP contribution < -0.4 is 10.5 Å². The molecule has 1 aliphatic rings. The molecule has 0 saturated carbocycles. The molecule has 0 saturated heterocycles. The Morgan fingerprint density at radius 3 is 2.78 bits per heavy atom. The van der Waals surface area contributed by atoms with E-state index < -0.39 is 0 Å². The fraction of sp³-hybridized carbons (Fsp3) is 0.600. The van der Waals surface area contributed by atoms with Gasteiger partial charge in [0.15, 0.2) is 0 Å². The summed E-state index contributed by atoms with van der Waals surface area (Å²) in [6, 6.07) is 4.44. The maximum atomic E-state index is 5.80. The van der Waals surface area contributed by atoms with E-state index in [0.717, 1.165) is 24.3 Å². The number of benzene rings is 1. The summed E-state index contributed by atoms with van der Waals surface area (Å²) in [6.07, 6.45) is 2.35. The van der Waals surface area contributed by atoms with E-state index in [1.54, 1.807) is 0 Å². The van der Waals surface area contributed by atoms with Gasteiger partial charge in [0.05, 0.1) is 6.61 Å². The molecule has 0 amide bonds. The van der Waals surface area contributed by atoms with Gasteiger partial charge in [0, 0.05) is 25.2 Å². The van der Waals surface area contributed by atoms with Crippen molar-refractivity contribution in [3.8, 4) is 5.75 Å². The van der Waals surface area contributed by atoms with Gasteiger partial charge in [-0.1, -0.05) is 13.0 Å². The third kappa shape index (κ3) is 2.85. The zero-order valence-corrected chi connectivity index (χ0v) is 11.5. The van der Waals surface area contributed by atoms with E-state index in [1.807, 2.05) is 6.92 Å². The van der Waals surface area contributed by atoms with Gasteiger partial charge in [-0.25, -0.2) is 0 Å². The average molecular weight is 248 g/mol. The maximum Gasteiger partial charge on any atom is 0.124 e. The monoisotopic (exact) mass is 248 g/mol. The number of hydrogen-bond donors (Lipinski definition) is 1. The Bertz CT molecular complexity index is 404. The summed E-state index contributed by atoms with van der Waals surface area (Å²) in [7, 11) is 0. The van der Waals surface area contributed by atoms with Crippen LogP contribution in [0.3, 0.4) is 0 Å². The topological polar surface area (TPSA) is 38.5 Å². The lowest BCUT2D eigenvalue weighted by atomic mass is 9.96. The summed E-state index contributed by atoms with van der Waals surface area (Å²) >= 11 is 0. The lowest BCUT2D eigenvalue weighted by molar-refractivity contribution is 0.253. The van der Waals surface area contributed by atoms with Crippen molar-refractivity contribution in [1.82, 2.24) is 4.90 Å². The van der Waals surface area contributed by atoms with Gasteiger partial charge < -0.3 is 10.5 Å². The molecule has 0 aromatic heterocycles. The molecule has 1 aromatic carbocycles. The van der Waals surface area contributed by atoms with Crippen molar-refractivity contribution in [2.45, 2.75) is 39.8 Å². The number of hydrogen-bond acceptors (Lipinski definition) is 3. The molecule has 0 aliphatic carbocycles. The molecule has 1 aromatic rings. The Morgan fingerprint density at radius 2 is 2.11 bits per heavy atom. The van der Waals surface area contributed by atoms with Gasteiger partial charge in [-0.15, -0.1) is 0 Å². The van der Waals surface area contributed by atoms with Gasteiger partial charge in [0.25, 0.3) is 0 Å². The lowest BCUT2D eigenvalue weighted by Crippen LogP contribution is -2.31. The molecule has 0 fully saturated rings. The highest BCUT2D eigenvalue weighted by Crippen LogP contribution is 2.28. The Hall–Kier alpha value is -1.06. The Balaban J connectivity index is 2.24. The number of rotatable bonds is 5. The first-order chi connectivity index (χ1) is 8.78. The molecule has 1 aliphatic heterocycles. The molecule has 3 heteroatoms. The highest BCUT2D eigenvalue weighted by molar-refractivity contribution is 5.43. The van der Waals surface area contributed by atoms with E-state index in [2.05, 4.69) is 24.0 Å². The van der Waals surface area contributed by atoms with Crippen LogP contribution in [0.25, 0.3) is 0 Å². The highest BCUT2D eigenvalue weighted by atomic mass is 16.5. The zero-order chi connectivity index (χ0) is 13.0. The SMILES string of the molecule is CCCN1CCc2cc(CN)c(OCC)cc2C1. The Morgan fingerprint density at radius 1 is 1.28 bits per heavy atom. The van der Waals surface area contributed by atoms with Crippen LogP contribution in [0.4, 0.5) is 0 Å². The zero-order valence-electron chi connectivity index (χ0n) is 11.5. The van der Waals surface area contributed by atoms with Crippen LogP contribution in [-0.4, -0.2) is 24.6 Å². The molecule has 2 rings (SSSR count). The molecule has 3 nitrogen and oxygen atoms in total. The van der Waals surface area contributed by atoms with Crippen molar-refractivity contribution in [3.05, 3.63) is 28.8 Å². The van der Waals surface area contributed by atoms with Gasteiger partial charge in [0.1, 0.15) is 5.75 Å². The fourth-order valence-electron chi connectivity index (χ4n) is 2.65. The second-order valence-electron chi connectivity index (χ2n) is 4.89. The lowest BCUT2D eigenvalue weighted by Gasteiger charge is -2.29. The molecular formula is C15H24N2O. The van der Waals surface area contributed by atoms with Crippen LogP contribution in [0.2, 0.25) is 0 Å². The van der Waals surface area contributed by atoms with Crippen LogP contribution >= 0.6 is 0 Å². The molecule has 100 valence electrons. The van der Waals surface area contributed by atoms with E-state index in [-0.39, 0.29) is 0 Å². The second kappa shape index (κ2) is 6.21. The van der Waals surface area contributed by atoms with Crippen LogP contribution in [0.15, 0.2) is 12.1 Å². The van der Waals surface area contributed by atoms with Crippen LogP contribution in [0, 0.1) is 0 Å². The van der Waals surface area contributed by atoms with E-state index in [1.165, 1.54) is 30.6 Å². The minimum absolute atomic E-state index is 0.557. The molecule has 0 radical (unpaired) electrons. The minimum atomic E-state index is 0.557. The predicted octanol–water partition coefficient (Wildman–Crippen LogP) is 2.31. The summed E-state index contributed by atoms with van der Waals surface area (Å²) in [6.45, 7) is 8.91. The smallest absolute Gasteiger partial charge is 0.124 e. The highest BCUT2D eigenvalue weighted by Gasteiger charge is 2.18. The largest absolute Gasteiger partial charge is 0.494 e. The summed E-state index contributed by atoms with van der Waals surface area (Å²) < 4.78 is 5.69. The fourth-order valence-corrected chi connectivity index (χ4v) is 2.65. The summed E-state index contributed by atoms with van der Waals surface area (Å²) in [5.41, 5.74) is 9.80. The van der Waals surface area contributed by atoms with Gasteiger partial charge >= 0.3 is 0 Å². The molecule has 0 spiro atoms. The van der Waals surface area contributed by atoms with Crippen molar-refractivity contribution in [2.24, 2.45) is 5.73 Å². The van der Waals surface area contributed by atoms with E-state index >= 15 is 0 Å². The van der Waals surface area contributed by atoms with Crippen molar-refractivity contribution < 1.29 is 4.74 Å². The number of ether oxygens (including phenoxy) is 1. The Kier molecular flexibility index (Phi) is 4.61. The first-order valence-electron chi connectivity index (χ1n) is 6.98. The molecule has 18 heavy (non-hydrogen) atoms. The third-order valence-corrected chi connectivity index (χ3v) is 3.53. The van der Waals surface area contributed by atoms with Gasteiger partial charge in [-0.05, 0) is 43.5 Å². The van der Waals surface area contributed by atoms with E-state index in [9.17, 15) is 0 Å². The maximum absolute atomic E-state index is 5.80. The second-order valence-corrected chi connectivity index (χ2v) is 4.89. The molecule has 1 heterocycles. The normalized spacial score (nSPS) is 15.5. The molecule has 0 bridgehead atoms. The van der Waals surface area contributed by atoms with Crippen molar-refractivity contribution in [1.29, 1.82) is 0 Å². The summed E-state index contributed by atoms with van der Waals surface area (Å²) in [5, 5.41) is 0. The molecule has 0 atom stereocenters. The van der Waals surface area contributed by atoms with Crippen LogP contribution in [-0.2, 0) is 19.5 Å². The van der Waals surface area contributed by atoms with Crippen LogP contribution in [0.1, 0.15) is 37.0 Å². The third-order valence-electron chi connectivity index (χ3n) is 3.53. The van der Waals surface area contributed by atoms with Crippen molar-refractivity contribution >= 4 is 0 Å². The Labute approximate surface area is 110 Å². The number of nitrogens with zero attached hydrogens (tertiary/aromatic N) is 1. The first-order valence-corrected chi connectivity index (χ1v) is 6.98. The summed E-state index contributed by atoms with van der Waals surface area (Å²) in [4.78, 5) is 2.51. The molecule has 2 N–H and O–H groups in total. The molecular weight excluding hydrogens is 224 g/mol. The van der Waals surface area contributed by atoms with Gasteiger partial charge in [0.2, 0.25) is 0 Å². The minimum Gasteiger partial charge on any atom is -0.494 e. The van der Waals surface area contributed by atoms with E-state index in [4.69, 9.17) is 10.5 Å². The standard InChI is InChI=1S/C15H24N2O/c1-3-6-17-7-5-12-8-13(10-16)15(18-4-2)9-14(12)11-17/h8-9H,3-7,10-11,16H2,1-2H3. The van der Waals surface area contributed by atoms with Gasteiger partial charge in [-0.2, -0.15) is 0 Å². The first kappa shape index (κ1) is 13.4. The number of fused-ring (bicyclic) bond motifs is 1.